The Balaban J connectivity index is 2.10. The number of aliphatic carboxylic acids is 1. The summed E-state index contributed by atoms with van der Waals surface area (Å²) in [5.74, 6) is -0.942. The van der Waals surface area contributed by atoms with Crippen LogP contribution < -0.4 is 4.72 Å². The van der Waals surface area contributed by atoms with Gasteiger partial charge in [-0.1, -0.05) is 25.0 Å². The van der Waals surface area contributed by atoms with Crippen LogP contribution in [0.5, 0.6) is 0 Å². The Morgan fingerprint density at radius 2 is 1.86 bits per heavy atom. The summed E-state index contributed by atoms with van der Waals surface area (Å²) in [6.07, 6.45) is 3.74. The largest absolute Gasteiger partial charge is 0.481 e. The van der Waals surface area contributed by atoms with Crippen molar-refractivity contribution < 1.29 is 18.3 Å². The molecule has 0 aromatic heterocycles. The monoisotopic (exact) mass is 312 g/mol. The van der Waals surface area contributed by atoms with E-state index in [-0.39, 0.29) is 6.42 Å². The Morgan fingerprint density at radius 3 is 2.48 bits per heavy atom. The van der Waals surface area contributed by atoms with Crippen molar-refractivity contribution >= 4 is 21.9 Å². The van der Waals surface area contributed by atoms with E-state index >= 15 is 0 Å². The molecule has 21 heavy (non-hydrogen) atoms. The van der Waals surface area contributed by atoms with Gasteiger partial charge in [0.1, 0.15) is 0 Å². The lowest BCUT2D eigenvalue weighted by Gasteiger charge is -2.20. The van der Waals surface area contributed by atoms with Gasteiger partial charge in [-0.15, -0.1) is 0 Å². The fourth-order valence-electron chi connectivity index (χ4n) is 2.41. The molecule has 1 fully saturated rings. The van der Waals surface area contributed by atoms with Crippen LogP contribution in [0.25, 0.3) is 0 Å². The fourth-order valence-corrected chi connectivity index (χ4v) is 3.71. The van der Waals surface area contributed by atoms with Crippen molar-refractivity contribution in [1.82, 2.24) is 4.31 Å². The van der Waals surface area contributed by atoms with E-state index < -0.39 is 16.2 Å². The quantitative estimate of drug-likeness (QED) is 0.868. The van der Waals surface area contributed by atoms with Crippen LogP contribution in [0.15, 0.2) is 24.3 Å². The van der Waals surface area contributed by atoms with Crippen LogP contribution in [0.3, 0.4) is 0 Å². The van der Waals surface area contributed by atoms with Gasteiger partial charge in [0.15, 0.2) is 0 Å². The summed E-state index contributed by atoms with van der Waals surface area (Å²) in [7, 11) is -3.57. The smallest absolute Gasteiger partial charge is 0.307 e. The Hall–Kier alpha value is -1.60. The van der Waals surface area contributed by atoms with Crippen LogP contribution in [-0.4, -0.2) is 36.9 Å². The molecule has 0 saturated carbocycles. The minimum Gasteiger partial charge on any atom is -0.481 e. The van der Waals surface area contributed by atoms with Gasteiger partial charge in [0.2, 0.25) is 0 Å². The number of anilines is 1. The second-order valence-electron chi connectivity index (χ2n) is 5.19. The maximum absolute atomic E-state index is 12.3. The predicted molar refractivity (Wildman–Crippen MR) is 80.4 cm³/mol. The van der Waals surface area contributed by atoms with Crippen molar-refractivity contribution in [2.45, 2.75) is 32.1 Å². The van der Waals surface area contributed by atoms with Gasteiger partial charge >= 0.3 is 16.2 Å². The summed E-state index contributed by atoms with van der Waals surface area (Å²) in [4.78, 5) is 10.7. The van der Waals surface area contributed by atoms with Crippen LogP contribution >= 0.6 is 0 Å². The predicted octanol–water partition coefficient (Wildman–Crippen LogP) is 1.85. The molecule has 2 rings (SSSR count). The molecule has 1 aliphatic rings. The van der Waals surface area contributed by atoms with Crippen molar-refractivity contribution in [3.8, 4) is 0 Å². The van der Waals surface area contributed by atoms with E-state index in [1.165, 1.54) is 4.31 Å². The van der Waals surface area contributed by atoms with Crippen molar-refractivity contribution in [2.75, 3.05) is 17.8 Å². The van der Waals surface area contributed by atoms with E-state index in [0.29, 0.717) is 24.3 Å². The second kappa shape index (κ2) is 6.91. The first-order chi connectivity index (χ1) is 9.97. The van der Waals surface area contributed by atoms with E-state index in [1.54, 1.807) is 24.3 Å². The number of carboxylic acid groups (broad SMARTS) is 1. The second-order valence-corrected chi connectivity index (χ2v) is 6.86. The van der Waals surface area contributed by atoms with Crippen molar-refractivity contribution in [3.05, 3.63) is 29.8 Å². The highest BCUT2D eigenvalue weighted by molar-refractivity contribution is 7.90. The zero-order valence-corrected chi connectivity index (χ0v) is 12.6. The molecule has 0 amide bonds. The number of rotatable bonds is 5. The van der Waals surface area contributed by atoms with Crippen molar-refractivity contribution in [3.63, 3.8) is 0 Å². The molecule has 1 aromatic rings. The summed E-state index contributed by atoms with van der Waals surface area (Å²) in [5.41, 5.74) is 0.969. The van der Waals surface area contributed by atoms with E-state index in [9.17, 15) is 13.2 Å². The molecule has 1 heterocycles. The fraction of sp³-hybridized carbons (Fsp3) is 0.500. The maximum Gasteiger partial charge on any atom is 0.307 e. The molecule has 1 saturated heterocycles. The van der Waals surface area contributed by atoms with E-state index in [2.05, 4.69) is 4.72 Å². The number of carbonyl (C=O) groups is 1. The van der Waals surface area contributed by atoms with Gasteiger partial charge in [-0.2, -0.15) is 12.7 Å². The molecule has 6 nitrogen and oxygen atoms in total. The SMILES string of the molecule is O=C(O)Cc1cccc(NS(=O)(=O)N2CCCCCC2)c1. The molecular formula is C14H20N2O4S. The normalized spacial score (nSPS) is 17.1. The zero-order valence-electron chi connectivity index (χ0n) is 11.8. The van der Waals surface area contributed by atoms with E-state index in [1.807, 2.05) is 0 Å². The Morgan fingerprint density at radius 1 is 1.19 bits per heavy atom. The minimum absolute atomic E-state index is 0.126. The van der Waals surface area contributed by atoms with Gasteiger partial charge in [-0.05, 0) is 30.5 Å². The van der Waals surface area contributed by atoms with Crippen molar-refractivity contribution in [2.24, 2.45) is 0 Å². The van der Waals surface area contributed by atoms with Crippen LogP contribution in [-0.2, 0) is 21.4 Å². The molecule has 0 radical (unpaired) electrons. The summed E-state index contributed by atoms with van der Waals surface area (Å²) < 4.78 is 28.7. The summed E-state index contributed by atoms with van der Waals surface area (Å²) >= 11 is 0. The third-order valence-electron chi connectivity index (χ3n) is 3.43. The van der Waals surface area contributed by atoms with Gasteiger partial charge in [0, 0.05) is 13.1 Å². The van der Waals surface area contributed by atoms with Crippen molar-refractivity contribution in [1.29, 1.82) is 0 Å². The summed E-state index contributed by atoms with van der Waals surface area (Å²) in [6, 6.07) is 6.50. The number of hydrogen-bond acceptors (Lipinski definition) is 3. The molecule has 7 heteroatoms. The number of hydrogen-bond donors (Lipinski definition) is 2. The lowest BCUT2D eigenvalue weighted by molar-refractivity contribution is -0.136. The molecule has 1 aliphatic heterocycles. The van der Waals surface area contributed by atoms with Gasteiger partial charge in [0.25, 0.3) is 0 Å². The summed E-state index contributed by atoms with van der Waals surface area (Å²) in [5, 5.41) is 8.78. The first-order valence-corrected chi connectivity index (χ1v) is 8.50. The zero-order chi connectivity index (χ0) is 15.3. The Labute approximate surface area is 125 Å². The average molecular weight is 312 g/mol. The van der Waals surface area contributed by atoms with Gasteiger partial charge in [-0.3, -0.25) is 9.52 Å². The molecule has 0 aliphatic carbocycles. The molecule has 0 bridgehead atoms. The van der Waals surface area contributed by atoms with Crippen LogP contribution in [0.4, 0.5) is 5.69 Å². The Bertz CT molecular complexity index is 593. The third-order valence-corrected chi connectivity index (χ3v) is 4.97. The molecule has 116 valence electrons. The van der Waals surface area contributed by atoms with E-state index in [4.69, 9.17) is 5.11 Å². The van der Waals surface area contributed by atoms with Crippen LogP contribution in [0.2, 0.25) is 0 Å². The minimum atomic E-state index is -3.57. The Kier molecular flexibility index (Phi) is 5.19. The number of benzene rings is 1. The van der Waals surface area contributed by atoms with E-state index in [0.717, 1.165) is 25.7 Å². The highest BCUT2D eigenvalue weighted by atomic mass is 32.2. The molecule has 0 spiro atoms. The van der Waals surface area contributed by atoms with Gasteiger partial charge < -0.3 is 5.11 Å². The first kappa shape index (κ1) is 15.8. The van der Waals surface area contributed by atoms with Crippen LogP contribution in [0, 0.1) is 0 Å². The molecule has 1 aromatic carbocycles. The number of nitrogens with one attached hydrogen (secondary N) is 1. The highest BCUT2D eigenvalue weighted by Crippen LogP contribution is 2.17. The van der Waals surface area contributed by atoms with Crippen LogP contribution in [0.1, 0.15) is 31.2 Å². The number of nitrogens with zero attached hydrogens (tertiary/aromatic N) is 1. The molecule has 2 N–H and O–H groups in total. The van der Waals surface area contributed by atoms with Gasteiger partial charge in [0.05, 0.1) is 12.1 Å². The summed E-state index contributed by atoms with van der Waals surface area (Å²) in [6.45, 7) is 1.06. The lowest BCUT2D eigenvalue weighted by atomic mass is 10.1. The first-order valence-electron chi connectivity index (χ1n) is 7.06. The average Bonchev–Trinajstić information content (AvgIpc) is 2.67. The standard InChI is InChI=1S/C14H20N2O4S/c17-14(18)11-12-6-5-7-13(10-12)15-21(19,20)16-8-3-1-2-4-9-16/h5-7,10,15H,1-4,8-9,11H2,(H,17,18). The lowest BCUT2D eigenvalue weighted by Crippen LogP contribution is -2.36. The maximum atomic E-state index is 12.3. The molecule has 0 atom stereocenters. The van der Waals surface area contributed by atoms with Gasteiger partial charge in [-0.25, -0.2) is 0 Å². The third kappa shape index (κ3) is 4.71. The molecule has 0 unspecified atom stereocenters. The number of carboxylic acids is 1. The highest BCUT2D eigenvalue weighted by Gasteiger charge is 2.22. The molecular weight excluding hydrogens is 292 g/mol. The topological polar surface area (TPSA) is 86.7 Å².